The number of nitrogens with zero attached hydrogens (tertiary/aromatic N) is 1. The number of nitrogens with one attached hydrogen (secondary N) is 1. The Morgan fingerprint density at radius 3 is 2.68 bits per heavy atom. The Labute approximate surface area is 117 Å². The molecule has 0 radical (unpaired) electrons. The molecule has 100 valence electrons. The van der Waals surface area contributed by atoms with Crippen LogP contribution in [0.25, 0.3) is 0 Å². The number of rotatable bonds is 2. The van der Waals surface area contributed by atoms with Gasteiger partial charge in [0.2, 0.25) is 0 Å². The Hall–Kier alpha value is -1.88. The maximum absolute atomic E-state index is 11.0. The lowest BCUT2D eigenvalue weighted by Gasteiger charge is -2.38. The molecule has 1 aromatic carbocycles. The van der Waals surface area contributed by atoms with Crippen LogP contribution in [0.3, 0.4) is 0 Å². The van der Waals surface area contributed by atoms with Crippen molar-refractivity contribution in [3.63, 3.8) is 0 Å². The van der Waals surface area contributed by atoms with E-state index < -0.39 is 5.97 Å². The molecule has 1 aliphatic rings. The van der Waals surface area contributed by atoms with E-state index in [2.05, 4.69) is 11.4 Å². The quantitative estimate of drug-likeness (QED) is 0.813. The second-order valence-corrected chi connectivity index (χ2v) is 5.52. The zero-order chi connectivity index (χ0) is 14.2. The van der Waals surface area contributed by atoms with Gasteiger partial charge in [-0.15, -0.1) is 0 Å². The van der Waals surface area contributed by atoms with Crippen molar-refractivity contribution < 1.29 is 9.90 Å². The number of allylic oxidation sites excluding steroid dienone is 1. The van der Waals surface area contributed by atoms with Crippen LogP contribution in [0, 0.1) is 0 Å². The van der Waals surface area contributed by atoms with E-state index in [4.69, 9.17) is 17.3 Å². The van der Waals surface area contributed by atoms with Gasteiger partial charge in [0.05, 0.1) is 11.1 Å². The van der Waals surface area contributed by atoms with E-state index in [9.17, 15) is 4.79 Å². The van der Waals surface area contributed by atoms with E-state index in [1.54, 1.807) is 18.2 Å². The number of benzene rings is 1. The molecule has 0 saturated heterocycles. The molecule has 0 fully saturated rings. The topological polar surface area (TPSA) is 52.6 Å². The Morgan fingerprint density at radius 2 is 2.11 bits per heavy atom. The molecular weight excluding hydrogens is 260 g/mol. The highest BCUT2D eigenvalue weighted by Crippen LogP contribution is 2.26. The van der Waals surface area contributed by atoms with E-state index >= 15 is 0 Å². The highest BCUT2D eigenvalue weighted by atomic mass is 32.1. The van der Waals surface area contributed by atoms with Crippen LogP contribution >= 0.6 is 12.2 Å². The number of carboxylic acid groups (broad SMARTS) is 1. The van der Waals surface area contributed by atoms with Gasteiger partial charge in [-0.1, -0.05) is 6.07 Å². The lowest BCUT2D eigenvalue weighted by atomic mass is 10.0. The zero-order valence-electron chi connectivity index (χ0n) is 11.1. The van der Waals surface area contributed by atoms with Crippen LogP contribution in [-0.4, -0.2) is 21.7 Å². The maximum Gasteiger partial charge on any atom is 0.335 e. The molecule has 0 spiro atoms. The van der Waals surface area contributed by atoms with Crippen LogP contribution in [0.15, 0.2) is 36.0 Å². The Balaban J connectivity index is 2.44. The number of aromatic carboxylic acids is 1. The molecule has 0 atom stereocenters. The van der Waals surface area contributed by atoms with Crippen LogP contribution in [0.1, 0.15) is 31.1 Å². The van der Waals surface area contributed by atoms with Crippen LogP contribution < -0.4 is 10.2 Å². The molecule has 2 rings (SSSR count). The van der Waals surface area contributed by atoms with Crippen molar-refractivity contribution in [1.29, 1.82) is 0 Å². The van der Waals surface area contributed by atoms with E-state index in [1.165, 1.54) is 0 Å². The average Bonchev–Trinajstić information content (AvgIpc) is 2.26. The first-order valence-electron chi connectivity index (χ1n) is 5.95. The van der Waals surface area contributed by atoms with Gasteiger partial charge in [0, 0.05) is 11.4 Å². The molecule has 0 aliphatic carbocycles. The van der Waals surface area contributed by atoms with Gasteiger partial charge in [-0.3, -0.25) is 4.90 Å². The van der Waals surface area contributed by atoms with Gasteiger partial charge in [-0.05, 0) is 57.3 Å². The molecule has 0 unspecified atom stereocenters. The fourth-order valence-corrected chi connectivity index (χ4v) is 2.73. The highest BCUT2D eigenvalue weighted by Gasteiger charge is 2.27. The first kappa shape index (κ1) is 13.5. The summed E-state index contributed by atoms with van der Waals surface area (Å²) in [5.41, 5.74) is 1.79. The molecule has 0 bridgehead atoms. The Morgan fingerprint density at radius 1 is 1.42 bits per heavy atom. The lowest BCUT2D eigenvalue weighted by Crippen LogP contribution is -2.53. The number of thiocarbonyl (C=S) groups is 1. The van der Waals surface area contributed by atoms with Crippen LogP contribution in [0.4, 0.5) is 5.69 Å². The number of hydrogen-bond donors (Lipinski definition) is 2. The molecule has 5 heteroatoms. The molecule has 2 N–H and O–H groups in total. The monoisotopic (exact) mass is 276 g/mol. The van der Waals surface area contributed by atoms with Crippen LogP contribution in [0.5, 0.6) is 0 Å². The summed E-state index contributed by atoms with van der Waals surface area (Å²) >= 11 is 5.37. The molecule has 1 aromatic rings. The largest absolute Gasteiger partial charge is 0.478 e. The first-order chi connectivity index (χ1) is 8.80. The van der Waals surface area contributed by atoms with Crippen molar-refractivity contribution in [2.75, 3.05) is 4.90 Å². The normalized spacial score (nSPS) is 17.7. The molecule has 19 heavy (non-hydrogen) atoms. The van der Waals surface area contributed by atoms with E-state index in [-0.39, 0.29) is 11.1 Å². The first-order valence-corrected chi connectivity index (χ1v) is 6.36. The molecule has 1 aliphatic heterocycles. The summed E-state index contributed by atoms with van der Waals surface area (Å²) in [6, 6.07) is 6.74. The minimum absolute atomic E-state index is 0.192. The SMILES string of the molecule is CC1=CC(C)(C)NC(=S)N1c1cccc(C(=O)O)c1. The summed E-state index contributed by atoms with van der Waals surface area (Å²) < 4.78 is 0. The fraction of sp³-hybridized carbons (Fsp3) is 0.286. The summed E-state index contributed by atoms with van der Waals surface area (Å²) in [7, 11) is 0. The summed E-state index contributed by atoms with van der Waals surface area (Å²) in [6.07, 6.45) is 2.07. The van der Waals surface area contributed by atoms with Crippen molar-refractivity contribution in [3.8, 4) is 0 Å². The van der Waals surface area contributed by atoms with Crippen LogP contribution in [0.2, 0.25) is 0 Å². The number of anilines is 1. The zero-order valence-corrected chi connectivity index (χ0v) is 11.9. The minimum Gasteiger partial charge on any atom is -0.478 e. The molecule has 1 heterocycles. The van der Waals surface area contributed by atoms with Crippen LogP contribution in [-0.2, 0) is 0 Å². The van der Waals surface area contributed by atoms with Crippen molar-refractivity contribution in [3.05, 3.63) is 41.6 Å². The predicted molar refractivity (Wildman–Crippen MR) is 79.5 cm³/mol. The fourth-order valence-electron chi connectivity index (χ4n) is 2.21. The van der Waals surface area contributed by atoms with Gasteiger partial charge < -0.3 is 10.4 Å². The van der Waals surface area contributed by atoms with Gasteiger partial charge in [-0.25, -0.2) is 4.79 Å². The summed E-state index contributed by atoms with van der Waals surface area (Å²) in [4.78, 5) is 12.9. The van der Waals surface area contributed by atoms with Crippen molar-refractivity contribution >= 4 is 29.0 Å². The van der Waals surface area contributed by atoms with Gasteiger partial charge in [0.15, 0.2) is 5.11 Å². The van der Waals surface area contributed by atoms with Crippen molar-refractivity contribution in [2.45, 2.75) is 26.3 Å². The van der Waals surface area contributed by atoms with Gasteiger partial charge in [0.1, 0.15) is 0 Å². The summed E-state index contributed by atoms with van der Waals surface area (Å²) in [5, 5.41) is 12.8. The van der Waals surface area contributed by atoms with Crippen molar-refractivity contribution in [2.24, 2.45) is 0 Å². The van der Waals surface area contributed by atoms with Gasteiger partial charge in [-0.2, -0.15) is 0 Å². The third kappa shape index (κ3) is 2.76. The number of carbonyl (C=O) groups is 1. The molecule has 0 saturated carbocycles. The minimum atomic E-state index is -0.945. The summed E-state index contributed by atoms with van der Waals surface area (Å²) in [6.45, 7) is 6.03. The van der Waals surface area contributed by atoms with E-state index in [0.717, 1.165) is 11.4 Å². The second-order valence-electron chi connectivity index (χ2n) is 5.13. The average molecular weight is 276 g/mol. The maximum atomic E-state index is 11.0. The van der Waals surface area contributed by atoms with Gasteiger partial charge in [0.25, 0.3) is 0 Å². The molecule has 0 aromatic heterocycles. The standard InChI is InChI=1S/C14H16N2O2S/c1-9-8-14(2,3)15-13(19)16(9)11-6-4-5-10(7-11)12(17)18/h4-8H,1-3H3,(H,15,19)(H,17,18). The lowest BCUT2D eigenvalue weighted by molar-refractivity contribution is 0.0697. The molecular formula is C14H16N2O2S. The number of hydrogen-bond acceptors (Lipinski definition) is 2. The smallest absolute Gasteiger partial charge is 0.335 e. The summed E-state index contributed by atoms with van der Waals surface area (Å²) in [5.74, 6) is -0.945. The second kappa shape index (κ2) is 4.66. The van der Waals surface area contributed by atoms with E-state index in [0.29, 0.717) is 5.11 Å². The molecule has 0 amide bonds. The molecule has 4 nitrogen and oxygen atoms in total. The third-order valence-electron chi connectivity index (χ3n) is 2.91. The van der Waals surface area contributed by atoms with E-state index in [1.807, 2.05) is 31.7 Å². The third-order valence-corrected chi connectivity index (χ3v) is 3.19. The van der Waals surface area contributed by atoms with Gasteiger partial charge >= 0.3 is 5.97 Å². The Kier molecular flexibility index (Phi) is 3.32. The Bertz CT molecular complexity index is 579. The van der Waals surface area contributed by atoms with Crippen molar-refractivity contribution in [1.82, 2.24) is 5.32 Å². The predicted octanol–water partition coefficient (Wildman–Crippen LogP) is 2.76. The highest BCUT2D eigenvalue weighted by molar-refractivity contribution is 7.80. The number of carboxylic acids is 1.